The van der Waals surface area contributed by atoms with E-state index < -0.39 is 6.10 Å². The zero-order valence-electron chi connectivity index (χ0n) is 11.5. The molecule has 21 heavy (non-hydrogen) atoms. The molecule has 0 heterocycles. The van der Waals surface area contributed by atoms with Crippen LogP contribution in [-0.4, -0.2) is 11.7 Å². The van der Waals surface area contributed by atoms with Gasteiger partial charge in [-0.1, -0.05) is 51.3 Å². The molecule has 3 N–H and O–H groups in total. The number of halogens is 3. The lowest BCUT2D eigenvalue weighted by Crippen LogP contribution is -2.21. The predicted molar refractivity (Wildman–Crippen MR) is 92.1 cm³/mol. The van der Waals surface area contributed by atoms with Crippen molar-refractivity contribution in [2.24, 2.45) is 5.73 Å². The third-order valence-electron chi connectivity index (χ3n) is 3.41. The lowest BCUT2D eigenvalue weighted by atomic mass is 9.88. The number of aliphatic hydroxyl groups excluding tert-OH is 1. The van der Waals surface area contributed by atoms with Crippen LogP contribution in [0.2, 0.25) is 10.0 Å². The molecule has 0 fully saturated rings. The van der Waals surface area contributed by atoms with Crippen molar-refractivity contribution in [2.75, 3.05) is 6.54 Å². The van der Waals surface area contributed by atoms with Gasteiger partial charge in [-0.2, -0.15) is 0 Å². The minimum atomic E-state index is -0.774. The molecular weight excluding hydrogens is 373 g/mol. The average molecular weight is 389 g/mol. The Morgan fingerprint density at radius 3 is 2.33 bits per heavy atom. The number of rotatable bonds is 4. The van der Waals surface area contributed by atoms with Crippen molar-refractivity contribution in [3.05, 3.63) is 67.6 Å². The highest BCUT2D eigenvalue weighted by Gasteiger charge is 2.26. The van der Waals surface area contributed by atoms with Gasteiger partial charge in [0.2, 0.25) is 0 Å². The van der Waals surface area contributed by atoms with Gasteiger partial charge in [-0.3, -0.25) is 0 Å². The third kappa shape index (κ3) is 3.79. The Labute approximate surface area is 143 Å². The second-order valence-electron chi connectivity index (χ2n) is 4.98. The standard InChI is InChI=1S/C16H16BrCl2NO/c1-9-5-10(7-11(17)6-9)16(21)12(8-20)15-13(18)3-2-4-14(15)19/h2-7,12,16,21H,8,20H2,1H3. The number of hydrogen-bond acceptors (Lipinski definition) is 2. The highest BCUT2D eigenvalue weighted by Crippen LogP contribution is 2.39. The monoisotopic (exact) mass is 387 g/mol. The molecule has 0 saturated carbocycles. The van der Waals surface area contributed by atoms with E-state index in [1.54, 1.807) is 18.2 Å². The molecule has 0 saturated heterocycles. The first-order valence-corrected chi connectivity index (χ1v) is 8.08. The van der Waals surface area contributed by atoms with Crippen molar-refractivity contribution in [2.45, 2.75) is 18.9 Å². The smallest absolute Gasteiger partial charge is 0.0872 e. The fourth-order valence-electron chi connectivity index (χ4n) is 2.44. The van der Waals surface area contributed by atoms with E-state index in [9.17, 15) is 5.11 Å². The molecule has 0 aliphatic rings. The van der Waals surface area contributed by atoms with Crippen molar-refractivity contribution in [1.29, 1.82) is 0 Å². The molecule has 2 rings (SSSR count). The van der Waals surface area contributed by atoms with E-state index in [1.807, 2.05) is 25.1 Å². The number of aliphatic hydroxyl groups is 1. The zero-order valence-corrected chi connectivity index (χ0v) is 14.6. The summed E-state index contributed by atoms with van der Waals surface area (Å²) in [6.45, 7) is 2.22. The molecule has 0 aromatic heterocycles. The molecule has 2 unspecified atom stereocenters. The van der Waals surface area contributed by atoms with Gasteiger partial charge in [-0.25, -0.2) is 0 Å². The van der Waals surface area contributed by atoms with Crippen molar-refractivity contribution < 1.29 is 5.11 Å². The second-order valence-corrected chi connectivity index (χ2v) is 6.71. The van der Waals surface area contributed by atoms with Gasteiger partial charge in [-0.05, 0) is 47.9 Å². The Morgan fingerprint density at radius 2 is 1.81 bits per heavy atom. The van der Waals surface area contributed by atoms with Crippen LogP contribution in [0.3, 0.4) is 0 Å². The first-order valence-electron chi connectivity index (χ1n) is 6.53. The van der Waals surface area contributed by atoms with Gasteiger partial charge in [0, 0.05) is 27.0 Å². The van der Waals surface area contributed by atoms with Gasteiger partial charge < -0.3 is 10.8 Å². The Bertz CT molecular complexity index is 608. The van der Waals surface area contributed by atoms with Gasteiger partial charge in [0.1, 0.15) is 0 Å². The minimum Gasteiger partial charge on any atom is -0.388 e. The fraction of sp³-hybridized carbons (Fsp3) is 0.250. The fourth-order valence-corrected chi connectivity index (χ4v) is 3.74. The van der Waals surface area contributed by atoms with Crippen molar-refractivity contribution in [3.63, 3.8) is 0 Å². The Morgan fingerprint density at radius 1 is 1.19 bits per heavy atom. The summed E-state index contributed by atoms with van der Waals surface area (Å²) in [4.78, 5) is 0. The van der Waals surface area contributed by atoms with Crippen LogP contribution in [0, 0.1) is 6.92 Å². The lowest BCUT2D eigenvalue weighted by Gasteiger charge is -2.24. The van der Waals surface area contributed by atoms with Gasteiger partial charge in [0.15, 0.2) is 0 Å². The summed E-state index contributed by atoms with van der Waals surface area (Å²) in [5.41, 5.74) is 8.40. The number of hydrogen-bond donors (Lipinski definition) is 2. The van der Waals surface area contributed by atoms with E-state index in [-0.39, 0.29) is 12.5 Å². The maximum absolute atomic E-state index is 10.7. The van der Waals surface area contributed by atoms with Crippen LogP contribution < -0.4 is 5.73 Å². The largest absolute Gasteiger partial charge is 0.388 e. The van der Waals surface area contributed by atoms with Crippen LogP contribution in [0.15, 0.2) is 40.9 Å². The van der Waals surface area contributed by atoms with E-state index in [4.69, 9.17) is 28.9 Å². The molecular formula is C16H16BrCl2NO. The quantitative estimate of drug-likeness (QED) is 0.786. The summed E-state index contributed by atoms with van der Waals surface area (Å²) < 4.78 is 0.914. The van der Waals surface area contributed by atoms with Crippen LogP contribution in [0.1, 0.15) is 28.7 Å². The molecule has 112 valence electrons. The van der Waals surface area contributed by atoms with E-state index >= 15 is 0 Å². The van der Waals surface area contributed by atoms with Crippen molar-refractivity contribution in [1.82, 2.24) is 0 Å². The minimum absolute atomic E-state index is 0.246. The SMILES string of the molecule is Cc1cc(Br)cc(C(O)C(CN)c2c(Cl)cccc2Cl)c1. The molecule has 5 heteroatoms. The van der Waals surface area contributed by atoms with Crippen LogP contribution in [0.5, 0.6) is 0 Å². The van der Waals surface area contributed by atoms with E-state index in [0.717, 1.165) is 15.6 Å². The summed E-state index contributed by atoms with van der Waals surface area (Å²) in [5.74, 6) is -0.361. The van der Waals surface area contributed by atoms with Gasteiger partial charge in [0.25, 0.3) is 0 Å². The predicted octanol–water partition coefficient (Wildman–Crippen LogP) is 4.84. The Balaban J connectivity index is 2.45. The first-order chi connectivity index (χ1) is 9.93. The Kier molecular flexibility index (Phi) is 5.69. The highest BCUT2D eigenvalue weighted by atomic mass is 79.9. The molecule has 2 aromatic rings. The number of aryl methyl sites for hydroxylation is 1. The number of nitrogens with two attached hydrogens (primary N) is 1. The molecule has 2 nitrogen and oxygen atoms in total. The van der Waals surface area contributed by atoms with E-state index in [0.29, 0.717) is 15.6 Å². The molecule has 0 spiro atoms. The van der Waals surface area contributed by atoms with Crippen LogP contribution >= 0.6 is 39.1 Å². The molecule has 0 amide bonds. The van der Waals surface area contributed by atoms with Crippen molar-refractivity contribution >= 4 is 39.1 Å². The maximum atomic E-state index is 10.7. The summed E-state index contributed by atoms with van der Waals surface area (Å²) in [6, 6.07) is 11.1. The van der Waals surface area contributed by atoms with Crippen LogP contribution in [-0.2, 0) is 0 Å². The zero-order chi connectivity index (χ0) is 15.6. The van der Waals surface area contributed by atoms with Gasteiger partial charge in [0.05, 0.1) is 6.10 Å². The van der Waals surface area contributed by atoms with E-state index in [2.05, 4.69) is 15.9 Å². The molecule has 2 atom stereocenters. The lowest BCUT2D eigenvalue weighted by molar-refractivity contribution is 0.147. The first kappa shape index (κ1) is 16.8. The maximum Gasteiger partial charge on any atom is 0.0872 e. The van der Waals surface area contributed by atoms with Crippen LogP contribution in [0.25, 0.3) is 0 Å². The summed E-state index contributed by atoms with van der Waals surface area (Å²) in [5, 5.41) is 11.7. The average Bonchev–Trinajstić information content (AvgIpc) is 2.41. The molecule has 2 aromatic carbocycles. The van der Waals surface area contributed by atoms with Gasteiger partial charge >= 0.3 is 0 Å². The van der Waals surface area contributed by atoms with Gasteiger partial charge in [-0.15, -0.1) is 0 Å². The number of benzene rings is 2. The summed E-state index contributed by atoms with van der Waals surface area (Å²) >= 11 is 15.9. The normalized spacial score (nSPS) is 14.0. The Hall–Kier alpha value is -0.580. The topological polar surface area (TPSA) is 46.2 Å². The second kappa shape index (κ2) is 7.12. The highest BCUT2D eigenvalue weighted by molar-refractivity contribution is 9.10. The molecule has 0 aliphatic heterocycles. The summed E-state index contributed by atoms with van der Waals surface area (Å²) in [7, 11) is 0. The molecule has 0 aliphatic carbocycles. The van der Waals surface area contributed by atoms with E-state index in [1.165, 1.54) is 0 Å². The molecule has 0 radical (unpaired) electrons. The van der Waals surface area contributed by atoms with Crippen LogP contribution in [0.4, 0.5) is 0 Å². The third-order valence-corrected chi connectivity index (χ3v) is 4.53. The molecule has 0 bridgehead atoms. The van der Waals surface area contributed by atoms with Crippen molar-refractivity contribution in [3.8, 4) is 0 Å². The summed E-state index contributed by atoms with van der Waals surface area (Å²) in [6.07, 6.45) is -0.774.